The minimum Gasteiger partial charge on any atom is -0.324 e. The number of hydrogen-bond acceptors (Lipinski definition) is 3. The summed E-state index contributed by atoms with van der Waals surface area (Å²) in [5.41, 5.74) is 2.59. The Morgan fingerprint density at radius 1 is 0.867 bits per heavy atom. The molecule has 0 saturated heterocycles. The zero-order valence-electron chi connectivity index (χ0n) is 14.9. The third-order valence-electron chi connectivity index (χ3n) is 4.23. The number of amides is 1. The van der Waals surface area contributed by atoms with Crippen molar-refractivity contribution in [1.82, 2.24) is 9.97 Å². The lowest BCUT2D eigenvalue weighted by Crippen LogP contribution is -2.12. The van der Waals surface area contributed by atoms with Gasteiger partial charge in [-0.25, -0.2) is 4.98 Å². The van der Waals surface area contributed by atoms with Gasteiger partial charge in [0.15, 0.2) is 0 Å². The van der Waals surface area contributed by atoms with Crippen molar-refractivity contribution in [2.24, 2.45) is 0 Å². The lowest BCUT2D eigenvalue weighted by molar-refractivity contribution is 0.102. The number of aromatic amines is 1. The first-order chi connectivity index (χ1) is 14.3. The van der Waals surface area contributed by atoms with E-state index in [1.165, 1.54) is 0 Å². The van der Waals surface area contributed by atoms with Crippen molar-refractivity contribution in [3.63, 3.8) is 0 Å². The molecule has 0 aliphatic heterocycles. The van der Waals surface area contributed by atoms with Gasteiger partial charge in [0.05, 0.1) is 47.5 Å². The predicted molar refractivity (Wildman–Crippen MR) is 125 cm³/mol. The second-order valence-electron chi connectivity index (χ2n) is 6.22. The number of carbonyl (C=O) groups is 1. The highest BCUT2D eigenvalue weighted by Gasteiger charge is 2.14. The zero-order valence-corrected chi connectivity index (χ0v) is 18.6. The molecule has 1 amide bonds. The normalized spacial score (nSPS) is 11.0. The van der Waals surface area contributed by atoms with Gasteiger partial charge in [-0.05, 0) is 42.5 Å². The molecule has 152 valence electrons. The van der Waals surface area contributed by atoms with E-state index in [9.17, 15) is 4.79 Å². The molecule has 0 aliphatic carbocycles. The Bertz CT molecular complexity index is 1270. The van der Waals surface area contributed by atoms with E-state index in [4.69, 9.17) is 58.0 Å². The molecule has 0 fully saturated rings. The number of halogens is 5. The summed E-state index contributed by atoms with van der Waals surface area (Å²) in [5, 5.41) is 7.35. The Morgan fingerprint density at radius 2 is 1.60 bits per heavy atom. The minimum atomic E-state index is -0.365. The Hall–Kier alpha value is -2.15. The van der Waals surface area contributed by atoms with Gasteiger partial charge in [-0.3, -0.25) is 4.79 Å². The van der Waals surface area contributed by atoms with Crippen molar-refractivity contribution in [2.75, 3.05) is 10.6 Å². The van der Waals surface area contributed by atoms with E-state index in [1.807, 2.05) is 0 Å². The number of imidazole rings is 1. The van der Waals surface area contributed by atoms with Gasteiger partial charge in [0, 0.05) is 5.56 Å². The van der Waals surface area contributed by atoms with E-state index < -0.39 is 0 Å². The summed E-state index contributed by atoms with van der Waals surface area (Å²) in [6.45, 7) is 0. The number of carbonyl (C=O) groups excluding carboxylic acids is 1. The summed E-state index contributed by atoms with van der Waals surface area (Å²) in [7, 11) is 0. The van der Waals surface area contributed by atoms with Crippen molar-refractivity contribution in [2.45, 2.75) is 0 Å². The summed E-state index contributed by atoms with van der Waals surface area (Å²) < 4.78 is 0. The number of H-pyrrole nitrogens is 1. The molecule has 0 spiro atoms. The number of anilines is 3. The summed E-state index contributed by atoms with van der Waals surface area (Å²) in [6.07, 6.45) is 0. The molecule has 4 rings (SSSR count). The molecule has 10 heteroatoms. The highest BCUT2D eigenvalue weighted by molar-refractivity contribution is 6.49. The SMILES string of the molecule is O=C(Nc1ccc(Cl)c(Cl)c1Cl)c1ccc2nc(Nc3c(Cl)cccc3Cl)[nH]c2c1. The van der Waals surface area contributed by atoms with Gasteiger partial charge in [0.2, 0.25) is 5.95 Å². The number of rotatable bonds is 4. The molecule has 1 aromatic heterocycles. The monoisotopic (exact) mass is 498 g/mol. The summed E-state index contributed by atoms with van der Waals surface area (Å²) in [5.74, 6) is 0.0699. The maximum atomic E-state index is 12.7. The van der Waals surface area contributed by atoms with Crippen LogP contribution in [0.4, 0.5) is 17.3 Å². The molecule has 0 saturated carbocycles. The van der Waals surface area contributed by atoms with Crippen LogP contribution in [0.2, 0.25) is 25.1 Å². The lowest BCUT2D eigenvalue weighted by atomic mass is 10.2. The first kappa shape index (κ1) is 21.1. The number of fused-ring (bicyclic) bond motifs is 1. The highest BCUT2D eigenvalue weighted by atomic mass is 35.5. The largest absolute Gasteiger partial charge is 0.324 e. The van der Waals surface area contributed by atoms with Crippen LogP contribution in [0.25, 0.3) is 11.0 Å². The fraction of sp³-hybridized carbons (Fsp3) is 0. The van der Waals surface area contributed by atoms with E-state index in [1.54, 1.807) is 48.5 Å². The lowest BCUT2D eigenvalue weighted by Gasteiger charge is -2.09. The first-order valence-electron chi connectivity index (χ1n) is 8.49. The Morgan fingerprint density at radius 3 is 2.33 bits per heavy atom. The number of hydrogen-bond donors (Lipinski definition) is 3. The van der Waals surface area contributed by atoms with E-state index in [0.717, 1.165) is 0 Å². The molecule has 0 bridgehead atoms. The second-order valence-corrected chi connectivity index (χ2v) is 8.19. The summed E-state index contributed by atoms with van der Waals surface area (Å²) in [6, 6.07) is 13.4. The van der Waals surface area contributed by atoms with Crippen LogP contribution in [0.5, 0.6) is 0 Å². The fourth-order valence-electron chi connectivity index (χ4n) is 2.76. The van der Waals surface area contributed by atoms with Crippen LogP contribution in [-0.2, 0) is 0 Å². The van der Waals surface area contributed by atoms with E-state index >= 15 is 0 Å². The molecule has 0 atom stereocenters. The van der Waals surface area contributed by atoms with E-state index in [0.29, 0.717) is 49.0 Å². The number of para-hydroxylation sites is 1. The second kappa shape index (κ2) is 8.53. The van der Waals surface area contributed by atoms with Gasteiger partial charge in [-0.2, -0.15) is 0 Å². The third kappa shape index (κ3) is 4.17. The zero-order chi connectivity index (χ0) is 21.4. The summed E-state index contributed by atoms with van der Waals surface area (Å²) in [4.78, 5) is 20.2. The van der Waals surface area contributed by atoms with Gasteiger partial charge >= 0.3 is 0 Å². The van der Waals surface area contributed by atoms with E-state index in [-0.39, 0.29) is 16.0 Å². The molecular formula is C20H11Cl5N4O. The third-order valence-corrected chi connectivity index (χ3v) is 6.16. The van der Waals surface area contributed by atoms with Crippen LogP contribution in [0.1, 0.15) is 10.4 Å². The Balaban J connectivity index is 1.59. The molecule has 5 nitrogen and oxygen atoms in total. The fourth-order valence-corrected chi connectivity index (χ4v) is 3.84. The molecule has 3 N–H and O–H groups in total. The average Bonchev–Trinajstić information content (AvgIpc) is 3.13. The molecule has 4 aromatic rings. The molecule has 30 heavy (non-hydrogen) atoms. The standard InChI is InChI=1S/C20H11Cl5N4O/c21-10-5-7-14(17(25)16(10)24)26-19(30)9-4-6-13-15(8-9)28-20(27-13)29-18-11(22)2-1-3-12(18)23/h1-8H,(H,26,30)(H2,27,28,29). The Labute approximate surface area is 196 Å². The van der Waals surface area contributed by atoms with Gasteiger partial charge in [-0.1, -0.05) is 64.1 Å². The number of benzene rings is 3. The van der Waals surface area contributed by atoms with Gasteiger partial charge in [0.25, 0.3) is 5.91 Å². The van der Waals surface area contributed by atoms with Crippen LogP contribution in [0, 0.1) is 0 Å². The molecule has 0 unspecified atom stereocenters. The van der Waals surface area contributed by atoms with Gasteiger partial charge in [-0.15, -0.1) is 0 Å². The average molecular weight is 501 g/mol. The van der Waals surface area contributed by atoms with Crippen molar-refractivity contribution in [1.29, 1.82) is 0 Å². The van der Waals surface area contributed by atoms with Crippen LogP contribution < -0.4 is 10.6 Å². The number of nitrogens with zero attached hydrogens (tertiary/aromatic N) is 1. The molecule has 1 heterocycles. The smallest absolute Gasteiger partial charge is 0.255 e. The topological polar surface area (TPSA) is 69.8 Å². The molecule has 0 aliphatic rings. The van der Waals surface area contributed by atoms with Crippen molar-refractivity contribution in [3.8, 4) is 0 Å². The van der Waals surface area contributed by atoms with Crippen LogP contribution in [-0.4, -0.2) is 15.9 Å². The first-order valence-corrected chi connectivity index (χ1v) is 10.4. The molecule has 0 radical (unpaired) electrons. The van der Waals surface area contributed by atoms with E-state index in [2.05, 4.69) is 20.6 Å². The number of nitrogens with one attached hydrogen (secondary N) is 3. The highest BCUT2D eigenvalue weighted by Crippen LogP contribution is 2.36. The predicted octanol–water partition coefficient (Wildman–Crippen LogP) is 7.83. The van der Waals surface area contributed by atoms with Crippen molar-refractivity contribution in [3.05, 3.63) is 79.2 Å². The van der Waals surface area contributed by atoms with Gasteiger partial charge < -0.3 is 15.6 Å². The van der Waals surface area contributed by atoms with Crippen molar-refractivity contribution < 1.29 is 4.79 Å². The summed E-state index contributed by atoms with van der Waals surface area (Å²) >= 11 is 30.5. The maximum Gasteiger partial charge on any atom is 0.255 e. The molecular weight excluding hydrogens is 490 g/mol. The minimum absolute atomic E-state index is 0.170. The van der Waals surface area contributed by atoms with Crippen LogP contribution in [0.15, 0.2) is 48.5 Å². The Kier molecular flexibility index (Phi) is 6.00. The maximum absolute atomic E-state index is 12.7. The van der Waals surface area contributed by atoms with Crippen LogP contribution >= 0.6 is 58.0 Å². The van der Waals surface area contributed by atoms with Crippen molar-refractivity contribution >= 4 is 92.3 Å². The number of aromatic nitrogens is 2. The molecule has 3 aromatic carbocycles. The van der Waals surface area contributed by atoms with Gasteiger partial charge in [0.1, 0.15) is 0 Å². The van der Waals surface area contributed by atoms with Crippen LogP contribution in [0.3, 0.4) is 0 Å². The quantitative estimate of drug-likeness (QED) is 0.250.